The van der Waals surface area contributed by atoms with E-state index in [0.29, 0.717) is 11.6 Å². The number of anilines is 1. The van der Waals surface area contributed by atoms with Crippen molar-refractivity contribution < 1.29 is 14.7 Å². The molecule has 0 bridgehead atoms. The van der Waals surface area contributed by atoms with E-state index >= 15 is 0 Å². The molecule has 3 N–H and O–H groups in total. The predicted octanol–water partition coefficient (Wildman–Crippen LogP) is 0.854. The maximum atomic E-state index is 12.1. The summed E-state index contributed by atoms with van der Waals surface area (Å²) >= 11 is 5.98. The fraction of sp³-hybridized carbons (Fsp3) is 0.333. The van der Waals surface area contributed by atoms with Gasteiger partial charge in [-0.25, -0.2) is 5.43 Å². The molecule has 1 saturated heterocycles. The summed E-state index contributed by atoms with van der Waals surface area (Å²) in [7, 11) is 0. The number of hydrazine groups is 1. The molecular weight excluding hydrogens is 270 g/mol. The molecule has 19 heavy (non-hydrogen) atoms. The Kier molecular flexibility index (Phi) is 2.83. The molecule has 7 heteroatoms. The zero-order chi connectivity index (χ0) is 13.6. The van der Waals surface area contributed by atoms with Gasteiger partial charge in [-0.15, -0.1) is 0 Å². The Labute approximate surface area is 114 Å². The Morgan fingerprint density at radius 3 is 3.05 bits per heavy atom. The number of carbonyl (C=O) groups is 2. The first-order valence-corrected chi connectivity index (χ1v) is 6.26. The summed E-state index contributed by atoms with van der Waals surface area (Å²) in [5, 5.41) is 13.7. The highest BCUT2D eigenvalue weighted by Crippen LogP contribution is 2.39. The molecule has 0 saturated carbocycles. The van der Waals surface area contributed by atoms with Crippen LogP contribution in [0.2, 0.25) is 5.02 Å². The van der Waals surface area contributed by atoms with Crippen LogP contribution in [0.5, 0.6) is 0 Å². The summed E-state index contributed by atoms with van der Waals surface area (Å²) in [6, 6.07) is 5.21. The number of hydrogen-bond donors (Lipinski definition) is 3. The largest absolute Gasteiger partial charge is 0.480 e. The van der Waals surface area contributed by atoms with Crippen molar-refractivity contribution >= 4 is 29.2 Å². The summed E-state index contributed by atoms with van der Waals surface area (Å²) in [5.41, 5.74) is 4.77. The van der Waals surface area contributed by atoms with Crippen molar-refractivity contribution in [1.82, 2.24) is 10.4 Å². The van der Waals surface area contributed by atoms with Gasteiger partial charge in [-0.1, -0.05) is 11.6 Å². The molecule has 0 aromatic heterocycles. The molecule has 1 amide bonds. The second kappa shape index (κ2) is 4.40. The summed E-state index contributed by atoms with van der Waals surface area (Å²) < 4.78 is 0. The van der Waals surface area contributed by atoms with E-state index in [1.165, 1.54) is 0 Å². The fourth-order valence-corrected chi connectivity index (χ4v) is 2.77. The minimum atomic E-state index is -1.04. The van der Waals surface area contributed by atoms with Gasteiger partial charge >= 0.3 is 5.97 Å². The van der Waals surface area contributed by atoms with Crippen LogP contribution in [-0.4, -0.2) is 35.1 Å². The number of carboxylic acid groups (broad SMARTS) is 1. The number of nitrogens with one attached hydrogen (secondary N) is 2. The molecule has 2 heterocycles. The lowest BCUT2D eigenvalue weighted by Gasteiger charge is -2.27. The van der Waals surface area contributed by atoms with Crippen molar-refractivity contribution in [2.45, 2.75) is 6.04 Å². The van der Waals surface area contributed by atoms with Crippen molar-refractivity contribution in [2.24, 2.45) is 5.92 Å². The van der Waals surface area contributed by atoms with Crippen LogP contribution in [0.4, 0.5) is 5.69 Å². The number of fused-ring (bicyclic) bond motifs is 3. The number of nitrogens with zero attached hydrogens (tertiary/aromatic N) is 1. The number of benzene rings is 1. The summed E-state index contributed by atoms with van der Waals surface area (Å²) in [6.07, 6.45) is 0. The molecular formula is C12H12ClN3O3. The summed E-state index contributed by atoms with van der Waals surface area (Å²) in [4.78, 5) is 22.8. The van der Waals surface area contributed by atoms with E-state index in [9.17, 15) is 9.59 Å². The van der Waals surface area contributed by atoms with E-state index < -0.39 is 5.97 Å². The normalized spacial score (nSPS) is 24.7. The van der Waals surface area contributed by atoms with Crippen LogP contribution in [-0.2, 0) is 9.59 Å². The van der Waals surface area contributed by atoms with Gasteiger partial charge in [0.15, 0.2) is 0 Å². The van der Waals surface area contributed by atoms with Crippen molar-refractivity contribution in [3.8, 4) is 0 Å². The van der Waals surface area contributed by atoms with E-state index in [-0.39, 0.29) is 24.4 Å². The Hall–Kier alpha value is -1.79. The third-order valence-electron chi connectivity index (χ3n) is 3.43. The number of rotatable bonds is 2. The predicted molar refractivity (Wildman–Crippen MR) is 68.7 cm³/mol. The molecule has 100 valence electrons. The van der Waals surface area contributed by atoms with Gasteiger partial charge in [0.1, 0.15) is 6.54 Å². The minimum absolute atomic E-state index is 0.203. The molecule has 1 aromatic rings. The second-order valence-corrected chi connectivity index (χ2v) is 5.08. The average molecular weight is 282 g/mol. The Morgan fingerprint density at radius 1 is 1.53 bits per heavy atom. The number of amides is 1. The molecule has 6 nitrogen and oxygen atoms in total. The van der Waals surface area contributed by atoms with Crippen LogP contribution in [0.1, 0.15) is 11.6 Å². The third-order valence-corrected chi connectivity index (χ3v) is 3.67. The summed E-state index contributed by atoms with van der Waals surface area (Å²) in [6.45, 7) is 0.142. The zero-order valence-corrected chi connectivity index (χ0v) is 10.6. The van der Waals surface area contributed by atoms with Crippen LogP contribution >= 0.6 is 11.6 Å². The monoisotopic (exact) mass is 281 g/mol. The zero-order valence-electron chi connectivity index (χ0n) is 9.89. The number of carboxylic acids is 1. The number of aliphatic carboxylic acids is 1. The smallest absolute Gasteiger partial charge is 0.324 e. The topological polar surface area (TPSA) is 81.7 Å². The highest BCUT2D eigenvalue weighted by Gasteiger charge is 2.44. The van der Waals surface area contributed by atoms with Crippen LogP contribution in [0.15, 0.2) is 18.2 Å². The van der Waals surface area contributed by atoms with E-state index in [1.54, 1.807) is 12.1 Å². The Morgan fingerprint density at radius 2 is 2.32 bits per heavy atom. The lowest BCUT2D eigenvalue weighted by atomic mass is 9.89. The van der Waals surface area contributed by atoms with Crippen LogP contribution < -0.4 is 10.7 Å². The quantitative estimate of drug-likeness (QED) is 0.749. The SMILES string of the molecule is O=C(O)CN1NC2c3cc(Cl)ccc3NCC2C1=O. The van der Waals surface area contributed by atoms with E-state index in [0.717, 1.165) is 16.3 Å². The highest BCUT2D eigenvalue weighted by atomic mass is 35.5. The molecule has 2 aliphatic heterocycles. The van der Waals surface area contributed by atoms with Crippen LogP contribution in [0, 0.1) is 5.92 Å². The lowest BCUT2D eigenvalue weighted by molar-refractivity contribution is -0.145. The highest BCUT2D eigenvalue weighted by molar-refractivity contribution is 6.30. The van der Waals surface area contributed by atoms with Gasteiger partial charge in [0.25, 0.3) is 0 Å². The van der Waals surface area contributed by atoms with E-state index in [2.05, 4.69) is 10.7 Å². The van der Waals surface area contributed by atoms with Crippen LogP contribution in [0.3, 0.4) is 0 Å². The van der Waals surface area contributed by atoms with Crippen LogP contribution in [0.25, 0.3) is 0 Å². The van der Waals surface area contributed by atoms with Crippen molar-refractivity contribution in [3.05, 3.63) is 28.8 Å². The minimum Gasteiger partial charge on any atom is -0.480 e. The molecule has 3 rings (SSSR count). The van der Waals surface area contributed by atoms with E-state index in [4.69, 9.17) is 16.7 Å². The molecule has 2 atom stereocenters. The molecule has 2 unspecified atom stereocenters. The van der Waals surface area contributed by atoms with Gasteiger partial charge in [0.2, 0.25) is 5.91 Å². The summed E-state index contributed by atoms with van der Waals surface area (Å²) in [5.74, 6) is -1.55. The lowest BCUT2D eigenvalue weighted by Crippen LogP contribution is -2.39. The van der Waals surface area contributed by atoms with Crippen molar-refractivity contribution in [2.75, 3.05) is 18.4 Å². The second-order valence-electron chi connectivity index (χ2n) is 4.64. The number of halogens is 1. The van der Waals surface area contributed by atoms with Gasteiger partial charge in [0.05, 0.1) is 12.0 Å². The first kappa shape index (κ1) is 12.3. The van der Waals surface area contributed by atoms with Crippen molar-refractivity contribution in [3.63, 3.8) is 0 Å². The first-order chi connectivity index (χ1) is 9.06. The molecule has 0 radical (unpaired) electrons. The molecule has 1 fully saturated rings. The molecule has 0 spiro atoms. The van der Waals surface area contributed by atoms with Gasteiger partial charge in [-0.05, 0) is 23.8 Å². The first-order valence-electron chi connectivity index (χ1n) is 5.89. The van der Waals surface area contributed by atoms with Gasteiger partial charge in [-0.3, -0.25) is 14.6 Å². The maximum absolute atomic E-state index is 12.1. The van der Waals surface area contributed by atoms with Crippen molar-refractivity contribution in [1.29, 1.82) is 0 Å². The Bertz CT molecular complexity index is 563. The number of carbonyl (C=O) groups excluding carboxylic acids is 1. The maximum Gasteiger partial charge on any atom is 0.324 e. The number of hydrogen-bond acceptors (Lipinski definition) is 4. The van der Waals surface area contributed by atoms with Gasteiger partial charge in [-0.2, -0.15) is 0 Å². The standard InChI is InChI=1S/C12H12ClN3O3/c13-6-1-2-9-7(3-6)11-8(4-14-9)12(19)16(15-11)5-10(17)18/h1-3,8,11,14-15H,4-5H2,(H,17,18). The molecule has 2 aliphatic rings. The van der Waals surface area contributed by atoms with E-state index in [1.807, 2.05) is 6.07 Å². The van der Waals surface area contributed by atoms with Gasteiger partial charge in [0, 0.05) is 17.3 Å². The molecule has 0 aliphatic carbocycles. The third kappa shape index (κ3) is 2.02. The molecule has 1 aromatic carbocycles. The van der Waals surface area contributed by atoms with Gasteiger partial charge < -0.3 is 10.4 Å². The fourth-order valence-electron chi connectivity index (χ4n) is 2.59. The Balaban J connectivity index is 1.93. The average Bonchev–Trinajstić information content (AvgIpc) is 2.66.